The van der Waals surface area contributed by atoms with Gasteiger partial charge in [0.1, 0.15) is 0 Å². The molecule has 0 saturated carbocycles. The molecule has 0 spiro atoms. The fourth-order valence-corrected chi connectivity index (χ4v) is 3.49. The van der Waals surface area contributed by atoms with E-state index in [2.05, 4.69) is 32.7 Å². The summed E-state index contributed by atoms with van der Waals surface area (Å²) >= 11 is 2.58. The van der Waals surface area contributed by atoms with Crippen LogP contribution in [-0.2, 0) is 4.79 Å². The molecule has 1 aromatic heterocycles. The summed E-state index contributed by atoms with van der Waals surface area (Å²) in [6.07, 6.45) is 1.72. The average molecular weight is 363 g/mol. The van der Waals surface area contributed by atoms with Gasteiger partial charge in [0.2, 0.25) is 11.0 Å². The number of rotatable bonds is 7. The van der Waals surface area contributed by atoms with Crippen LogP contribution in [0.4, 0.5) is 15.6 Å². The Kier molecular flexibility index (Phi) is 6.76. The zero-order valence-electron chi connectivity index (χ0n) is 13.0. The first-order valence-electron chi connectivity index (χ1n) is 7.10. The number of nitrogens with one attached hydrogen (secondary N) is 3. The fourth-order valence-electron chi connectivity index (χ4n) is 1.59. The second-order valence-corrected chi connectivity index (χ2v) is 7.18. The number of carbonyl (C=O) groups is 2. The van der Waals surface area contributed by atoms with Crippen molar-refractivity contribution in [3.63, 3.8) is 0 Å². The smallest absolute Gasteiger partial charge is 0.325 e. The molecular formula is C15H17N5O2S2. The number of carbonyl (C=O) groups excluding carboxylic acids is 2. The number of imide groups is 1. The third-order valence-electron chi connectivity index (χ3n) is 2.72. The molecule has 7 nitrogen and oxygen atoms in total. The van der Waals surface area contributed by atoms with E-state index < -0.39 is 17.2 Å². The number of hydrogen-bond donors (Lipinski definition) is 3. The molecule has 0 saturated heterocycles. The summed E-state index contributed by atoms with van der Waals surface area (Å²) < 4.78 is 0.646. The van der Waals surface area contributed by atoms with E-state index in [9.17, 15) is 9.59 Å². The first-order valence-corrected chi connectivity index (χ1v) is 8.80. The van der Waals surface area contributed by atoms with Crippen molar-refractivity contribution in [2.24, 2.45) is 0 Å². The van der Waals surface area contributed by atoms with E-state index in [1.807, 2.05) is 6.07 Å². The molecule has 0 aliphatic carbocycles. The molecule has 0 radical (unpaired) electrons. The van der Waals surface area contributed by atoms with Crippen molar-refractivity contribution in [3.8, 4) is 0 Å². The van der Waals surface area contributed by atoms with Gasteiger partial charge in [-0.1, -0.05) is 47.4 Å². The van der Waals surface area contributed by atoms with E-state index in [0.29, 0.717) is 21.7 Å². The normalized spacial score (nSPS) is 11.4. The Morgan fingerprint density at radius 3 is 2.79 bits per heavy atom. The van der Waals surface area contributed by atoms with E-state index in [1.165, 1.54) is 23.1 Å². The van der Waals surface area contributed by atoms with Crippen molar-refractivity contribution >= 4 is 45.9 Å². The maximum atomic E-state index is 12.1. The molecule has 3 amide bonds. The van der Waals surface area contributed by atoms with Crippen molar-refractivity contribution in [1.82, 2.24) is 15.5 Å². The molecule has 1 heterocycles. The van der Waals surface area contributed by atoms with Crippen molar-refractivity contribution in [1.29, 1.82) is 0 Å². The number of para-hydroxylation sites is 1. The Morgan fingerprint density at radius 1 is 1.33 bits per heavy atom. The number of amides is 3. The number of thioether (sulfide) groups is 1. The summed E-state index contributed by atoms with van der Waals surface area (Å²) in [5.41, 5.74) is 0.616. The van der Waals surface area contributed by atoms with Gasteiger partial charge < -0.3 is 10.6 Å². The summed E-state index contributed by atoms with van der Waals surface area (Å²) in [6, 6.07) is 8.34. The highest BCUT2D eigenvalue weighted by Gasteiger charge is 2.19. The van der Waals surface area contributed by atoms with Crippen LogP contribution < -0.4 is 16.0 Å². The van der Waals surface area contributed by atoms with Gasteiger partial charge in [-0.05, 0) is 19.1 Å². The van der Waals surface area contributed by atoms with Gasteiger partial charge in [0.25, 0.3) is 0 Å². The van der Waals surface area contributed by atoms with Crippen LogP contribution in [0.5, 0.6) is 0 Å². The van der Waals surface area contributed by atoms with Crippen LogP contribution >= 0.6 is 23.1 Å². The first kappa shape index (κ1) is 18.0. The summed E-state index contributed by atoms with van der Waals surface area (Å²) in [4.78, 5) is 23.9. The second kappa shape index (κ2) is 9.04. The first-order chi connectivity index (χ1) is 11.6. The maximum absolute atomic E-state index is 12.1. The third-order valence-corrected chi connectivity index (χ3v) is 4.78. The van der Waals surface area contributed by atoms with Gasteiger partial charge >= 0.3 is 6.03 Å². The standard InChI is InChI=1S/C15H17N5O2S2/c1-3-9-16-14-19-20-15(24-14)23-10(2)12(21)18-13(22)17-11-7-5-4-6-8-11/h3-8,10H,1,9H2,2H3,(H,16,19)(H2,17,18,21,22)/t10-/m1/s1. The molecule has 24 heavy (non-hydrogen) atoms. The van der Waals surface area contributed by atoms with Crippen molar-refractivity contribution in [2.75, 3.05) is 17.2 Å². The lowest BCUT2D eigenvalue weighted by molar-refractivity contribution is -0.119. The monoisotopic (exact) mass is 363 g/mol. The molecule has 0 aliphatic rings. The van der Waals surface area contributed by atoms with Crippen LogP contribution in [0.15, 0.2) is 47.3 Å². The van der Waals surface area contributed by atoms with Crippen LogP contribution in [0, 0.1) is 0 Å². The van der Waals surface area contributed by atoms with Gasteiger partial charge in [0.05, 0.1) is 5.25 Å². The Morgan fingerprint density at radius 2 is 2.08 bits per heavy atom. The lowest BCUT2D eigenvalue weighted by Crippen LogP contribution is -2.38. The van der Waals surface area contributed by atoms with Crippen LogP contribution in [0.25, 0.3) is 0 Å². The average Bonchev–Trinajstić information content (AvgIpc) is 3.01. The van der Waals surface area contributed by atoms with E-state index in [4.69, 9.17) is 0 Å². The number of nitrogens with zero attached hydrogens (tertiary/aromatic N) is 2. The quantitative estimate of drug-likeness (QED) is 0.517. The number of aromatic nitrogens is 2. The van der Waals surface area contributed by atoms with Crippen molar-refractivity contribution < 1.29 is 9.59 Å². The van der Waals surface area contributed by atoms with E-state index in [-0.39, 0.29) is 0 Å². The van der Waals surface area contributed by atoms with Gasteiger partial charge in [-0.25, -0.2) is 4.79 Å². The number of anilines is 2. The van der Waals surface area contributed by atoms with E-state index in [0.717, 1.165) is 0 Å². The Bertz CT molecular complexity index is 705. The minimum Gasteiger partial charge on any atom is -0.357 e. The highest BCUT2D eigenvalue weighted by Crippen LogP contribution is 2.28. The predicted molar refractivity (Wildman–Crippen MR) is 97.5 cm³/mol. The molecule has 1 atom stereocenters. The summed E-state index contributed by atoms with van der Waals surface area (Å²) in [7, 11) is 0. The summed E-state index contributed by atoms with van der Waals surface area (Å²) in [5, 5.41) is 16.1. The molecule has 3 N–H and O–H groups in total. The lowest BCUT2D eigenvalue weighted by Gasteiger charge is -2.10. The molecular weight excluding hydrogens is 346 g/mol. The fraction of sp³-hybridized carbons (Fsp3) is 0.200. The number of urea groups is 1. The van der Waals surface area contributed by atoms with Crippen molar-refractivity contribution in [3.05, 3.63) is 43.0 Å². The van der Waals surface area contributed by atoms with Crippen molar-refractivity contribution in [2.45, 2.75) is 16.5 Å². The SMILES string of the molecule is C=CCNc1nnc(S[C@H](C)C(=O)NC(=O)Nc2ccccc2)s1. The summed E-state index contributed by atoms with van der Waals surface area (Å²) in [5.74, 6) is -0.399. The lowest BCUT2D eigenvalue weighted by atomic mass is 10.3. The molecule has 0 bridgehead atoms. The molecule has 0 aliphatic heterocycles. The van der Waals surface area contributed by atoms with Gasteiger partial charge in [-0.2, -0.15) is 0 Å². The Balaban J connectivity index is 1.82. The van der Waals surface area contributed by atoms with Gasteiger partial charge in [-0.3, -0.25) is 10.1 Å². The van der Waals surface area contributed by atoms with Gasteiger partial charge in [0.15, 0.2) is 4.34 Å². The van der Waals surface area contributed by atoms with Crippen LogP contribution in [0.3, 0.4) is 0 Å². The summed E-state index contributed by atoms with van der Waals surface area (Å²) in [6.45, 7) is 5.90. The van der Waals surface area contributed by atoms with Crippen LogP contribution in [-0.4, -0.2) is 33.9 Å². The van der Waals surface area contributed by atoms with E-state index in [1.54, 1.807) is 37.3 Å². The third kappa shape index (κ3) is 5.67. The topological polar surface area (TPSA) is 96.0 Å². The Labute approximate surface area is 147 Å². The highest BCUT2D eigenvalue weighted by atomic mass is 32.2. The molecule has 2 aromatic rings. The molecule has 1 aromatic carbocycles. The minimum absolute atomic E-state index is 0.399. The highest BCUT2D eigenvalue weighted by molar-refractivity contribution is 8.02. The van der Waals surface area contributed by atoms with Crippen LogP contribution in [0.1, 0.15) is 6.92 Å². The maximum Gasteiger partial charge on any atom is 0.325 e. The largest absolute Gasteiger partial charge is 0.357 e. The zero-order valence-corrected chi connectivity index (χ0v) is 14.6. The zero-order chi connectivity index (χ0) is 17.4. The second-order valence-electron chi connectivity index (χ2n) is 4.61. The van der Waals surface area contributed by atoms with E-state index >= 15 is 0 Å². The molecule has 9 heteroatoms. The molecule has 126 valence electrons. The van der Waals surface area contributed by atoms with Crippen LogP contribution in [0.2, 0.25) is 0 Å². The molecule has 2 rings (SSSR count). The molecule has 0 unspecified atom stereocenters. The minimum atomic E-state index is -0.566. The predicted octanol–water partition coefficient (Wildman–Crippen LogP) is 2.96. The van der Waals surface area contributed by atoms with Gasteiger partial charge in [-0.15, -0.1) is 16.8 Å². The number of benzene rings is 1. The van der Waals surface area contributed by atoms with Gasteiger partial charge in [0, 0.05) is 12.2 Å². The number of hydrogen-bond acceptors (Lipinski definition) is 7. The molecule has 0 fully saturated rings. The Hall–Kier alpha value is -2.39.